The third kappa shape index (κ3) is 3.08. The van der Waals surface area contributed by atoms with E-state index < -0.39 is 0 Å². The van der Waals surface area contributed by atoms with Crippen LogP contribution in [0.15, 0.2) is 54.7 Å². The monoisotopic (exact) mass is 375 g/mol. The van der Waals surface area contributed by atoms with Crippen molar-refractivity contribution in [1.82, 2.24) is 24.9 Å². The Kier molecular flexibility index (Phi) is 4.38. The molecule has 0 unspecified atom stereocenters. The Hall–Kier alpha value is -3.03. The summed E-state index contributed by atoms with van der Waals surface area (Å²) >= 11 is 0. The van der Waals surface area contributed by atoms with Crippen molar-refractivity contribution in [2.75, 3.05) is 13.2 Å². The Balaban J connectivity index is 1.53. The van der Waals surface area contributed by atoms with E-state index in [1.54, 1.807) is 0 Å². The van der Waals surface area contributed by atoms with Gasteiger partial charge in [-0.25, -0.2) is 4.98 Å². The zero-order chi connectivity index (χ0) is 18.9. The van der Waals surface area contributed by atoms with E-state index in [-0.39, 0.29) is 18.8 Å². The van der Waals surface area contributed by atoms with Crippen molar-refractivity contribution in [3.8, 4) is 17.3 Å². The first-order valence-corrected chi connectivity index (χ1v) is 9.52. The number of aliphatic hydroxyl groups excluding tert-OH is 1. The van der Waals surface area contributed by atoms with Crippen molar-refractivity contribution in [1.29, 1.82) is 0 Å². The molecule has 2 atom stereocenters. The van der Waals surface area contributed by atoms with Crippen LogP contribution in [0.1, 0.15) is 12.8 Å². The first-order chi connectivity index (χ1) is 13.8. The molecule has 1 aliphatic rings. The Bertz CT molecular complexity index is 1130. The SMILES string of the molecule is OC[C@@H]1C[C@@H](Oc2cccc3ccc(-c4nnc5ccccn45)nc23)CCN1. The molecule has 1 aromatic carbocycles. The van der Waals surface area contributed by atoms with Crippen LogP contribution in [0.3, 0.4) is 0 Å². The van der Waals surface area contributed by atoms with E-state index in [4.69, 9.17) is 9.72 Å². The number of rotatable bonds is 4. The summed E-state index contributed by atoms with van der Waals surface area (Å²) in [5.41, 5.74) is 2.35. The lowest BCUT2D eigenvalue weighted by Crippen LogP contribution is -2.44. The molecule has 0 spiro atoms. The summed E-state index contributed by atoms with van der Waals surface area (Å²) in [6.07, 6.45) is 3.68. The number of fused-ring (bicyclic) bond motifs is 2. The highest BCUT2D eigenvalue weighted by molar-refractivity contribution is 5.86. The number of piperidine rings is 1. The number of para-hydroxylation sites is 1. The summed E-state index contributed by atoms with van der Waals surface area (Å²) in [6, 6.07) is 15.8. The maximum Gasteiger partial charge on any atom is 0.187 e. The molecule has 0 saturated carbocycles. The topological polar surface area (TPSA) is 84.6 Å². The minimum atomic E-state index is 0.0587. The average Bonchev–Trinajstić information content (AvgIpc) is 3.18. The lowest BCUT2D eigenvalue weighted by atomic mass is 10.0. The van der Waals surface area contributed by atoms with Crippen molar-refractivity contribution in [3.05, 3.63) is 54.7 Å². The van der Waals surface area contributed by atoms with Gasteiger partial charge in [0.05, 0.1) is 6.61 Å². The quantitative estimate of drug-likeness (QED) is 0.570. The van der Waals surface area contributed by atoms with Gasteiger partial charge >= 0.3 is 0 Å². The van der Waals surface area contributed by atoms with Crippen LogP contribution in [-0.2, 0) is 0 Å². The summed E-state index contributed by atoms with van der Waals surface area (Å²) in [6.45, 7) is 0.961. The highest BCUT2D eigenvalue weighted by Gasteiger charge is 2.23. The first kappa shape index (κ1) is 17.1. The fraction of sp³-hybridized carbons (Fsp3) is 0.286. The zero-order valence-electron chi connectivity index (χ0n) is 15.3. The van der Waals surface area contributed by atoms with Crippen molar-refractivity contribution in [3.63, 3.8) is 0 Å². The number of pyridine rings is 2. The van der Waals surface area contributed by atoms with E-state index in [2.05, 4.69) is 15.5 Å². The second-order valence-electron chi connectivity index (χ2n) is 7.07. The molecule has 7 nitrogen and oxygen atoms in total. The van der Waals surface area contributed by atoms with Crippen LogP contribution in [0, 0.1) is 0 Å². The maximum atomic E-state index is 9.43. The van der Waals surface area contributed by atoms with Gasteiger partial charge in [0, 0.05) is 24.0 Å². The molecule has 1 fully saturated rings. The Morgan fingerprint density at radius 2 is 2.07 bits per heavy atom. The van der Waals surface area contributed by atoms with E-state index in [1.807, 2.05) is 59.1 Å². The Labute approximate surface area is 162 Å². The van der Waals surface area contributed by atoms with Crippen LogP contribution in [0.4, 0.5) is 0 Å². The molecule has 7 heteroatoms. The molecular weight excluding hydrogens is 354 g/mol. The average molecular weight is 375 g/mol. The lowest BCUT2D eigenvalue weighted by Gasteiger charge is -2.29. The van der Waals surface area contributed by atoms with Crippen LogP contribution in [0.2, 0.25) is 0 Å². The minimum absolute atomic E-state index is 0.0587. The first-order valence-electron chi connectivity index (χ1n) is 9.52. The fourth-order valence-electron chi connectivity index (χ4n) is 3.75. The molecule has 0 radical (unpaired) electrons. The molecule has 3 aromatic heterocycles. The van der Waals surface area contributed by atoms with Crippen molar-refractivity contribution in [2.24, 2.45) is 0 Å². The largest absolute Gasteiger partial charge is 0.488 e. The molecule has 1 saturated heterocycles. The number of hydrogen-bond acceptors (Lipinski definition) is 6. The zero-order valence-corrected chi connectivity index (χ0v) is 15.3. The fourth-order valence-corrected chi connectivity index (χ4v) is 3.75. The van der Waals surface area contributed by atoms with E-state index in [9.17, 15) is 5.11 Å². The van der Waals surface area contributed by atoms with Crippen LogP contribution >= 0.6 is 0 Å². The Morgan fingerprint density at radius 1 is 1.11 bits per heavy atom. The molecule has 4 aromatic rings. The molecule has 0 bridgehead atoms. The van der Waals surface area contributed by atoms with Gasteiger partial charge in [0.15, 0.2) is 11.5 Å². The van der Waals surface area contributed by atoms with Gasteiger partial charge in [-0.1, -0.05) is 24.3 Å². The maximum absolute atomic E-state index is 9.43. The van der Waals surface area contributed by atoms with Gasteiger partial charge in [-0.15, -0.1) is 10.2 Å². The van der Waals surface area contributed by atoms with Crippen molar-refractivity contribution in [2.45, 2.75) is 25.0 Å². The highest BCUT2D eigenvalue weighted by Crippen LogP contribution is 2.29. The molecule has 2 N–H and O–H groups in total. The number of aromatic nitrogens is 4. The van der Waals surface area contributed by atoms with Gasteiger partial charge in [-0.05, 0) is 37.2 Å². The summed E-state index contributed by atoms with van der Waals surface area (Å²) in [5, 5.41) is 22.3. The van der Waals surface area contributed by atoms with Gasteiger partial charge in [0.25, 0.3) is 0 Å². The molecule has 1 aliphatic heterocycles. The lowest BCUT2D eigenvalue weighted by molar-refractivity contribution is 0.115. The molecule has 0 amide bonds. The van der Waals surface area contributed by atoms with E-state index in [1.165, 1.54) is 0 Å². The third-order valence-electron chi connectivity index (χ3n) is 5.19. The molecule has 28 heavy (non-hydrogen) atoms. The highest BCUT2D eigenvalue weighted by atomic mass is 16.5. The number of nitrogens with one attached hydrogen (secondary N) is 1. The summed E-state index contributed by atoms with van der Waals surface area (Å²) in [5.74, 6) is 1.46. The second-order valence-corrected chi connectivity index (χ2v) is 7.07. The van der Waals surface area contributed by atoms with Gasteiger partial charge in [0.2, 0.25) is 0 Å². The number of ether oxygens (including phenoxy) is 1. The third-order valence-corrected chi connectivity index (χ3v) is 5.19. The van der Waals surface area contributed by atoms with Gasteiger partial charge < -0.3 is 15.2 Å². The van der Waals surface area contributed by atoms with Crippen LogP contribution in [0.5, 0.6) is 5.75 Å². The van der Waals surface area contributed by atoms with Gasteiger partial charge in [-0.3, -0.25) is 4.40 Å². The number of hydrogen-bond donors (Lipinski definition) is 2. The number of nitrogens with zero attached hydrogens (tertiary/aromatic N) is 4. The summed E-state index contributed by atoms with van der Waals surface area (Å²) < 4.78 is 8.23. The van der Waals surface area contributed by atoms with E-state index in [0.29, 0.717) is 5.82 Å². The predicted octanol–water partition coefficient (Wildman–Crippen LogP) is 2.44. The minimum Gasteiger partial charge on any atom is -0.488 e. The van der Waals surface area contributed by atoms with Crippen LogP contribution in [-0.4, -0.2) is 50.0 Å². The van der Waals surface area contributed by atoms with Crippen molar-refractivity contribution < 1.29 is 9.84 Å². The van der Waals surface area contributed by atoms with E-state index in [0.717, 1.165) is 47.4 Å². The molecular formula is C21H21N5O2. The molecule has 142 valence electrons. The van der Waals surface area contributed by atoms with Gasteiger partial charge in [0.1, 0.15) is 23.1 Å². The van der Waals surface area contributed by atoms with E-state index >= 15 is 0 Å². The normalized spacial score (nSPS) is 19.9. The van der Waals surface area contributed by atoms with Gasteiger partial charge in [-0.2, -0.15) is 0 Å². The summed E-state index contributed by atoms with van der Waals surface area (Å²) in [4.78, 5) is 4.86. The van der Waals surface area contributed by atoms with Crippen LogP contribution < -0.4 is 10.1 Å². The van der Waals surface area contributed by atoms with Crippen LogP contribution in [0.25, 0.3) is 28.1 Å². The summed E-state index contributed by atoms with van der Waals surface area (Å²) in [7, 11) is 0. The standard InChI is InChI=1S/C21H21N5O2/c27-13-15-12-16(9-10-22-15)28-18-5-3-4-14-7-8-17(23-20(14)18)21-25-24-19-6-1-2-11-26(19)21/h1-8,11,15-16,22,27H,9-10,12-13H2/t15-,16-/m0/s1. The second kappa shape index (κ2) is 7.18. The number of aliphatic hydroxyl groups is 1. The molecule has 4 heterocycles. The molecule has 5 rings (SSSR count). The Morgan fingerprint density at radius 3 is 3.00 bits per heavy atom. The molecule has 0 aliphatic carbocycles. The smallest absolute Gasteiger partial charge is 0.187 e. The predicted molar refractivity (Wildman–Crippen MR) is 106 cm³/mol. The number of benzene rings is 1. The van der Waals surface area contributed by atoms with Crippen molar-refractivity contribution >= 4 is 16.6 Å².